The number of hydrogen-bond donors (Lipinski definition) is 1. The summed E-state index contributed by atoms with van der Waals surface area (Å²) in [6, 6.07) is 7.99. The number of nitrogens with zero attached hydrogens (tertiary/aromatic N) is 3. The lowest BCUT2D eigenvalue weighted by Crippen LogP contribution is -2.38. The average molecular weight is 370 g/mol. The highest BCUT2D eigenvalue weighted by molar-refractivity contribution is 5.78. The summed E-state index contributed by atoms with van der Waals surface area (Å²) < 4.78 is 11.1. The van der Waals surface area contributed by atoms with E-state index in [1.807, 2.05) is 24.3 Å². The third-order valence-corrected chi connectivity index (χ3v) is 5.26. The van der Waals surface area contributed by atoms with Crippen LogP contribution in [0.3, 0.4) is 0 Å². The van der Waals surface area contributed by atoms with E-state index < -0.39 is 0 Å². The van der Waals surface area contributed by atoms with E-state index in [-0.39, 0.29) is 5.91 Å². The van der Waals surface area contributed by atoms with Gasteiger partial charge in [0, 0.05) is 37.5 Å². The molecule has 2 heterocycles. The van der Waals surface area contributed by atoms with Crippen molar-refractivity contribution < 1.29 is 14.1 Å². The number of benzene rings is 1. The number of carbonyl (C=O) groups is 1. The van der Waals surface area contributed by atoms with Gasteiger partial charge in [-0.3, -0.25) is 9.69 Å². The number of fused-ring (bicyclic) bond motifs is 1. The molecule has 27 heavy (non-hydrogen) atoms. The standard InChI is InChI=1S/C20H26N4O3/c25-19(14-24-11-12-26-17-8-4-3-7-16(17)13-24)21-10-9-18-22-20(27-23-18)15-5-1-2-6-15/h3-4,7-8,15H,1-2,5-6,9-14H2,(H,21,25). The van der Waals surface area contributed by atoms with Gasteiger partial charge in [-0.2, -0.15) is 4.98 Å². The zero-order valence-electron chi connectivity index (χ0n) is 15.5. The molecule has 1 aliphatic heterocycles. The van der Waals surface area contributed by atoms with Gasteiger partial charge in [-0.05, 0) is 18.9 Å². The van der Waals surface area contributed by atoms with Crippen LogP contribution < -0.4 is 10.1 Å². The second-order valence-corrected chi connectivity index (χ2v) is 7.30. The second-order valence-electron chi connectivity index (χ2n) is 7.30. The lowest BCUT2D eigenvalue weighted by atomic mass is 10.1. The minimum atomic E-state index is 0.00823. The van der Waals surface area contributed by atoms with E-state index in [9.17, 15) is 4.79 Å². The van der Waals surface area contributed by atoms with Gasteiger partial charge >= 0.3 is 0 Å². The van der Waals surface area contributed by atoms with Gasteiger partial charge in [0.1, 0.15) is 12.4 Å². The van der Waals surface area contributed by atoms with Crippen LogP contribution in [0.25, 0.3) is 0 Å². The van der Waals surface area contributed by atoms with Crippen LogP contribution in [0.15, 0.2) is 28.8 Å². The van der Waals surface area contributed by atoms with Crippen molar-refractivity contribution in [1.82, 2.24) is 20.4 Å². The first-order valence-corrected chi connectivity index (χ1v) is 9.80. The van der Waals surface area contributed by atoms with Crippen molar-refractivity contribution >= 4 is 5.91 Å². The molecule has 0 atom stereocenters. The van der Waals surface area contributed by atoms with Crippen molar-refractivity contribution in [3.8, 4) is 5.75 Å². The van der Waals surface area contributed by atoms with Crippen LogP contribution in [0.4, 0.5) is 0 Å². The van der Waals surface area contributed by atoms with Crippen LogP contribution >= 0.6 is 0 Å². The van der Waals surface area contributed by atoms with Crippen LogP contribution in [0.5, 0.6) is 5.75 Å². The summed E-state index contributed by atoms with van der Waals surface area (Å²) in [5.41, 5.74) is 1.12. The van der Waals surface area contributed by atoms with Crippen LogP contribution in [0, 0.1) is 0 Å². The number of hydrogen-bond acceptors (Lipinski definition) is 6. The first kappa shape index (κ1) is 18.0. The van der Waals surface area contributed by atoms with Gasteiger partial charge in [0.2, 0.25) is 11.8 Å². The van der Waals surface area contributed by atoms with Crippen molar-refractivity contribution in [2.24, 2.45) is 0 Å². The van der Waals surface area contributed by atoms with Crippen LogP contribution in [-0.4, -0.2) is 47.2 Å². The molecule has 7 heteroatoms. The predicted octanol–water partition coefficient (Wildman–Crippen LogP) is 2.28. The van der Waals surface area contributed by atoms with E-state index in [2.05, 4.69) is 20.4 Å². The molecule has 4 rings (SSSR count). The van der Waals surface area contributed by atoms with Gasteiger partial charge in [0.15, 0.2) is 5.82 Å². The Kier molecular flexibility index (Phi) is 5.67. The molecule has 0 saturated heterocycles. The fraction of sp³-hybridized carbons (Fsp3) is 0.550. The first-order chi connectivity index (χ1) is 13.3. The summed E-state index contributed by atoms with van der Waals surface area (Å²) in [6.07, 6.45) is 5.35. The fourth-order valence-corrected chi connectivity index (χ4v) is 3.80. The Morgan fingerprint density at radius 3 is 3.00 bits per heavy atom. The van der Waals surface area contributed by atoms with E-state index in [1.54, 1.807) is 0 Å². The zero-order chi connectivity index (χ0) is 18.5. The SMILES string of the molecule is O=C(CN1CCOc2ccccc2C1)NCCc1noc(C2CCCC2)n1. The summed E-state index contributed by atoms with van der Waals surface area (Å²) in [4.78, 5) is 18.9. The van der Waals surface area contributed by atoms with Crippen LogP contribution in [0.2, 0.25) is 0 Å². The quantitative estimate of drug-likeness (QED) is 0.840. The topological polar surface area (TPSA) is 80.5 Å². The van der Waals surface area contributed by atoms with Gasteiger partial charge in [0.05, 0.1) is 6.54 Å². The molecule has 1 saturated carbocycles. The molecule has 2 aliphatic rings. The molecule has 1 amide bonds. The van der Waals surface area contributed by atoms with Crippen molar-refractivity contribution in [2.45, 2.75) is 44.6 Å². The second kappa shape index (κ2) is 8.52. The van der Waals surface area contributed by atoms with Crippen molar-refractivity contribution in [1.29, 1.82) is 0 Å². The first-order valence-electron chi connectivity index (χ1n) is 9.80. The third-order valence-electron chi connectivity index (χ3n) is 5.26. The molecule has 1 aliphatic carbocycles. The smallest absolute Gasteiger partial charge is 0.234 e. The van der Waals surface area contributed by atoms with E-state index in [0.717, 1.165) is 43.1 Å². The highest BCUT2D eigenvalue weighted by Crippen LogP contribution is 2.32. The molecule has 0 bridgehead atoms. The van der Waals surface area contributed by atoms with E-state index >= 15 is 0 Å². The Labute approximate surface area is 159 Å². The molecular weight excluding hydrogens is 344 g/mol. The van der Waals surface area contributed by atoms with Gasteiger partial charge in [-0.15, -0.1) is 0 Å². The highest BCUT2D eigenvalue weighted by Gasteiger charge is 2.23. The van der Waals surface area contributed by atoms with Crippen molar-refractivity contribution in [3.05, 3.63) is 41.5 Å². The molecule has 1 fully saturated rings. The lowest BCUT2D eigenvalue weighted by Gasteiger charge is -2.18. The maximum Gasteiger partial charge on any atom is 0.234 e. The lowest BCUT2D eigenvalue weighted by molar-refractivity contribution is -0.122. The van der Waals surface area contributed by atoms with Gasteiger partial charge in [-0.25, -0.2) is 0 Å². The molecular formula is C20H26N4O3. The number of ether oxygens (including phenoxy) is 1. The fourth-order valence-electron chi connectivity index (χ4n) is 3.80. The molecule has 1 N–H and O–H groups in total. The maximum atomic E-state index is 12.3. The van der Waals surface area contributed by atoms with E-state index in [0.29, 0.717) is 37.9 Å². The number of nitrogens with one attached hydrogen (secondary N) is 1. The number of carbonyl (C=O) groups excluding carboxylic acids is 1. The largest absolute Gasteiger partial charge is 0.492 e. The normalized spacial score (nSPS) is 17.9. The Morgan fingerprint density at radius 2 is 2.11 bits per heavy atom. The van der Waals surface area contributed by atoms with E-state index in [1.165, 1.54) is 12.8 Å². The molecule has 144 valence electrons. The monoisotopic (exact) mass is 370 g/mol. The zero-order valence-corrected chi connectivity index (χ0v) is 15.5. The Morgan fingerprint density at radius 1 is 1.26 bits per heavy atom. The molecule has 0 spiro atoms. The summed E-state index contributed by atoms with van der Waals surface area (Å²) in [6.45, 7) is 2.93. The molecule has 0 radical (unpaired) electrons. The number of amides is 1. The summed E-state index contributed by atoms with van der Waals surface area (Å²) in [7, 11) is 0. The molecule has 7 nitrogen and oxygen atoms in total. The summed E-state index contributed by atoms with van der Waals surface area (Å²) in [5.74, 6) is 2.78. The predicted molar refractivity (Wildman–Crippen MR) is 99.4 cm³/mol. The van der Waals surface area contributed by atoms with Gasteiger partial charge in [-0.1, -0.05) is 36.2 Å². The Bertz CT molecular complexity index is 770. The van der Waals surface area contributed by atoms with Crippen LogP contribution in [0.1, 0.15) is 48.9 Å². The third kappa shape index (κ3) is 4.66. The van der Waals surface area contributed by atoms with E-state index in [4.69, 9.17) is 9.26 Å². The minimum Gasteiger partial charge on any atom is -0.492 e. The van der Waals surface area contributed by atoms with Gasteiger partial charge < -0.3 is 14.6 Å². The Balaban J connectivity index is 1.22. The van der Waals surface area contributed by atoms with Crippen LogP contribution in [-0.2, 0) is 17.8 Å². The summed E-state index contributed by atoms with van der Waals surface area (Å²) >= 11 is 0. The maximum absolute atomic E-state index is 12.3. The van der Waals surface area contributed by atoms with Crippen molar-refractivity contribution in [3.63, 3.8) is 0 Å². The number of aromatic nitrogens is 2. The number of rotatable bonds is 6. The van der Waals surface area contributed by atoms with Crippen molar-refractivity contribution in [2.75, 3.05) is 26.2 Å². The highest BCUT2D eigenvalue weighted by atomic mass is 16.5. The molecule has 2 aromatic rings. The Hall–Kier alpha value is -2.41. The summed E-state index contributed by atoms with van der Waals surface area (Å²) in [5, 5.41) is 7.00. The number of para-hydroxylation sites is 1. The molecule has 1 aromatic heterocycles. The average Bonchev–Trinajstić information content (AvgIpc) is 3.31. The molecule has 0 unspecified atom stereocenters. The molecule has 1 aromatic carbocycles. The van der Waals surface area contributed by atoms with Gasteiger partial charge in [0.25, 0.3) is 0 Å². The minimum absolute atomic E-state index is 0.00823.